The predicted octanol–water partition coefficient (Wildman–Crippen LogP) is 4.72. The van der Waals surface area contributed by atoms with Gasteiger partial charge in [0.1, 0.15) is 5.82 Å². The van der Waals surface area contributed by atoms with Crippen molar-refractivity contribution in [2.24, 2.45) is 0 Å². The molecular formula is C24H18FN3O5S. The predicted molar refractivity (Wildman–Crippen MR) is 125 cm³/mol. The van der Waals surface area contributed by atoms with Gasteiger partial charge in [-0.3, -0.25) is 14.3 Å². The zero-order valence-corrected chi connectivity index (χ0v) is 18.3. The summed E-state index contributed by atoms with van der Waals surface area (Å²) in [6.07, 6.45) is 1.39. The van der Waals surface area contributed by atoms with Gasteiger partial charge in [-0.25, -0.2) is 12.8 Å². The van der Waals surface area contributed by atoms with Crippen molar-refractivity contribution in [3.8, 4) is 0 Å². The van der Waals surface area contributed by atoms with E-state index in [1.807, 2.05) is 0 Å². The summed E-state index contributed by atoms with van der Waals surface area (Å²) in [5.41, 5.74) is 1.44. The molecule has 8 nitrogen and oxygen atoms in total. The molecule has 3 aromatic carbocycles. The Kier molecular flexibility index (Phi) is 6.42. The average molecular weight is 479 g/mol. The molecule has 0 saturated carbocycles. The summed E-state index contributed by atoms with van der Waals surface area (Å²) in [5, 5.41) is 5.39. The van der Waals surface area contributed by atoms with Gasteiger partial charge in [-0.05, 0) is 78.9 Å². The van der Waals surface area contributed by atoms with E-state index in [-0.39, 0.29) is 21.9 Å². The number of amides is 2. The molecule has 0 fully saturated rings. The Hall–Kier alpha value is -4.44. The topological polar surface area (TPSA) is 118 Å². The highest BCUT2D eigenvalue weighted by atomic mass is 32.2. The summed E-state index contributed by atoms with van der Waals surface area (Å²) < 4.78 is 45.3. The Morgan fingerprint density at radius 3 is 2.00 bits per heavy atom. The Balaban J connectivity index is 1.40. The van der Waals surface area contributed by atoms with Crippen LogP contribution < -0.4 is 15.4 Å². The lowest BCUT2D eigenvalue weighted by atomic mass is 10.2. The number of hydrogen-bond donors (Lipinski definition) is 3. The fourth-order valence-electron chi connectivity index (χ4n) is 3.00. The van der Waals surface area contributed by atoms with Crippen molar-refractivity contribution in [2.45, 2.75) is 4.90 Å². The molecule has 0 saturated heterocycles. The fourth-order valence-corrected chi connectivity index (χ4v) is 4.05. The maximum atomic E-state index is 13.0. The Bertz CT molecular complexity index is 1420. The molecule has 1 heterocycles. The number of rotatable bonds is 7. The molecule has 4 aromatic rings. The van der Waals surface area contributed by atoms with E-state index in [0.717, 1.165) is 24.3 Å². The van der Waals surface area contributed by atoms with Crippen LogP contribution in [0.1, 0.15) is 20.9 Å². The van der Waals surface area contributed by atoms with Gasteiger partial charge < -0.3 is 15.1 Å². The summed E-state index contributed by atoms with van der Waals surface area (Å²) in [6.45, 7) is 0. The Labute approximate surface area is 194 Å². The number of sulfonamides is 1. The SMILES string of the molecule is O=C(Nc1cccc(NC(=O)c2ccco2)c1)c1ccc(NS(=O)(=O)c2ccc(F)cc2)cc1. The highest BCUT2D eigenvalue weighted by Gasteiger charge is 2.15. The van der Waals surface area contributed by atoms with Crippen LogP contribution in [0.3, 0.4) is 0 Å². The molecule has 0 atom stereocenters. The molecule has 10 heteroatoms. The number of carbonyl (C=O) groups is 2. The van der Waals surface area contributed by atoms with Crippen molar-refractivity contribution in [3.05, 3.63) is 108 Å². The Morgan fingerprint density at radius 2 is 1.38 bits per heavy atom. The summed E-state index contributed by atoms with van der Waals surface area (Å²) in [6, 6.07) is 19.9. The monoisotopic (exact) mass is 479 g/mol. The quantitative estimate of drug-likeness (QED) is 0.354. The number of carbonyl (C=O) groups excluding carboxylic acids is 2. The van der Waals surface area contributed by atoms with Crippen LogP contribution in [0.2, 0.25) is 0 Å². The smallest absolute Gasteiger partial charge is 0.291 e. The van der Waals surface area contributed by atoms with Crippen LogP contribution in [0, 0.1) is 5.82 Å². The first-order chi connectivity index (χ1) is 16.3. The second-order valence-corrected chi connectivity index (χ2v) is 8.79. The molecule has 4 rings (SSSR count). The minimum Gasteiger partial charge on any atom is -0.459 e. The minimum atomic E-state index is -3.90. The first-order valence-electron chi connectivity index (χ1n) is 9.95. The third kappa shape index (κ3) is 5.48. The Morgan fingerprint density at radius 1 is 0.735 bits per heavy atom. The van der Waals surface area contributed by atoms with Crippen molar-refractivity contribution in [1.82, 2.24) is 0 Å². The average Bonchev–Trinajstić information content (AvgIpc) is 3.35. The van der Waals surface area contributed by atoms with Gasteiger partial charge in [0.15, 0.2) is 5.76 Å². The van der Waals surface area contributed by atoms with E-state index >= 15 is 0 Å². The van der Waals surface area contributed by atoms with Gasteiger partial charge >= 0.3 is 0 Å². The lowest BCUT2D eigenvalue weighted by molar-refractivity contribution is 0.0995. The molecule has 3 N–H and O–H groups in total. The first kappa shape index (κ1) is 22.7. The van der Waals surface area contributed by atoms with Crippen molar-refractivity contribution in [3.63, 3.8) is 0 Å². The molecule has 0 bridgehead atoms. The van der Waals surface area contributed by atoms with Gasteiger partial charge in [0.2, 0.25) is 0 Å². The molecule has 0 unspecified atom stereocenters. The molecule has 0 aliphatic carbocycles. The highest BCUT2D eigenvalue weighted by Crippen LogP contribution is 2.20. The van der Waals surface area contributed by atoms with Gasteiger partial charge in [0, 0.05) is 22.6 Å². The molecule has 172 valence electrons. The van der Waals surface area contributed by atoms with Gasteiger partial charge in [-0.1, -0.05) is 6.07 Å². The van der Waals surface area contributed by atoms with Gasteiger partial charge in [-0.15, -0.1) is 0 Å². The highest BCUT2D eigenvalue weighted by molar-refractivity contribution is 7.92. The van der Waals surface area contributed by atoms with Crippen molar-refractivity contribution in [1.29, 1.82) is 0 Å². The molecule has 0 aliphatic rings. The summed E-state index contributed by atoms with van der Waals surface area (Å²) in [7, 11) is -3.90. The van der Waals surface area contributed by atoms with Crippen LogP contribution in [0.15, 0.2) is 101 Å². The van der Waals surface area contributed by atoms with Gasteiger partial charge in [-0.2, -0.15) is 0 Å². The van der Waals surface area contributed by atoms with Crippen LogP contribution in [0.4, 0.5) is 21.5 Å². The maximum Gasteiger partial charge on any atom is 0.291 e. The third-order valence-corrected chi connectivity index (χ3v) is 6.04. The fraction of sp³-hybridized carbons (Fsp3) is 0. The molecule has 0 spiro atoms. The second kappa shape index (κ2) is 9.59. The molecule has 2 amide bonds. The molecule has 34 heavy (non-hydrogen) atoms. The number of hydrogen-bond acceptors (Lipinski definition) is 5. The van der Waals surface area contributed by atoms with E-state index in [0.29, 0.717) is 11.4 Å². The van der Waals surface area contributed by atoms with Crippen LogP contribution >= 0.6 is 0 Å². The maximum absolute atomic E-state index is 13.0. The minimum absolute atomic E-state index is 0.0882. The van der Waals surface area contributed by atoms with Crippen LogP contribution in [0.5, 0.6) is 0 Å². The zero-order valence-electron chi connectivity index (χ0n) is 17.5. The van der Waals surface area contributed by atoms with Crippen molar-refractivity contribution < 1.29 is 26.8 Å². The van der Waals surface area contributed by atoms with Crippen molar-refractivity contribution >= 4 is 38.9 Å². The number of halogens is 1. The van der Waals surface area contributed by atoms with E-state index in [1.165, 1.54) is 36.6 Å². The second-order valence-electron chi connectivity index (χ2n) is 7.10. The van der Waals surface area contributed by atoms with Crippen molar-refractivity contribution in [2.75, 3.05) is 15.4 Å². The molecule has 0 radical (unpaired) electrons. The third-order valence-electron chi connectivity index (χ3n) is 4.65. The van der Waals surface area contributed by atoms with Gasteiger partial charge in [0.25, 0.3) is 21.8 Å². The summed E-state index contributed by atoms with van der Waals surface area (Å²) in [4.78, 5) is 24.6. The zero-order chi connectivity index (χ0) is 24.1. The summed E-state index contributed by atoms with van der Waals surface area (Å²) >= 11 is 0. The van der Waals surface area contributed by atoms with E-state index in [9.17, 15) is 22.4 Å². The molecular weight excluding hydrogens is 461 g/mol. The first-order valence-corrected chi connectivity index (χ1v) is 11.4. The van der Waals surface area contributed by atoms with Crippen LogP contribution in [-0.2, 0) is 10.0 Å². The van der Waals surface area contributed by atoms with E-state index < -0.39 is 27.7 Å². The largest absolute Gasteiger partial charge is 0.459 e. The lowest BCUT2D eigenvalue weighted by Crippen LogP contribution is -2.15. The standard InChI is InChI=1S/C24H18FN3O5S/c25-17-8-12-21(13-9-17)34(31,32)28-18-10-6-16(7-11-18)23(29)26-19-3-1-4-20(15-19)27-24(30)22-5-2-14-33-22/h1-15,28H,(H,26,29)(H,27,30). The number of nitrogens with one attached hydrogen (secondary N) is 3. The number of benzene rings is 3. The van der Waals surface area contributed by atoms with Crippen LogP contribution in [0.25, 0.3) is 0 Å². The number of furan rings is 1. The molecule has 0 aliphatic heterocycles. The van der Waals surface area contributed by atoms with E-state index in [2.05, 4.69) is 15.4 Å². The van der Waals surface area contributed by atoms with E-state index in [4.69, 9.17) is 4.42 Å². The molecule has 1 aromatic heterocycles. The summed E-state index contributed by atoms with van der Waals surface area (Å²) in [5.74, 6) is -1.24. The van der Waals surface area contributed by atoms with Gasteiger partial charge in [0.05, 0.1) is 11.2 Å². The lowest BCUT2D eigenvalue weighted by Gasteiger charge is -2.10. The normalized spacial score (nSPS) is 11.0. The van der Waals surface area contributed by atoms with E-state index in [1.54, 1.807) is 30.3 Å². The van der Waals surface area contributed by atoms with Crippen LogP contribution in [-0.4, -0.2) is 20.2 Å². The number of anilines is 3.